The lowest BCUT2D eigenvalue weighted by Crippen LogP contribution is -2.44. The predicted octanol–water partition coefficient (Wildman–Crippen LogP) is 4.08. The monoisotopic (exact) mass is 508 g/mol. The lowest BCUT2D eigenvalue weighted by Gasteiger charge is -2.23. The number of aliphatic hydroxyl groups is 1. The number of guanidine groups is 1. The minimum Gasteiger partial charge on any atom is -0.383 e. The molecule has 0 spiro atoms. The van der Waals surface area contributed by atoms with E-state index >= 15 is 0 Å². The summed E-state index contributed by atoms with van der Waals surface area (Å²) in [5.41, 5.74) is 0.229. The maximum absolute atomic E-state index is 10.6. The molecule has 0 aliphatic heterocycles. The average Bonchev–Trinajstić information content (AvgIpc) is 3.20. The van der Waals surface area contributed by atoms with Crippen LogP contribution >= 0.6 is 46.7 Å². The molecule has 146 valence electrons. The van der Waals surface area contributed by atoms with E-state index in [4.69, 9.17) is 0 Å². The minimum atomic E-state index is -0.926. The summed E-state index contributed by atoms with van der Waals surface area (Å²) in [6.45, 7) is 12.0. The number of nitrogens with zero attached hydrogens (tertiary/aromatic N) is 2. The highest BCUT2D eigenvalue weighted by Crippen LogP contribution is 2.25. The fraction of sp³-hybridized carbons (Fsp3) is 0.556. The highest BCUT2D eigenvalue weighted by Gasteiger charge is 2.24. The summed E-state index contributed by atoms with van der Waals surface area (Å²) in [4.78, 5) is 10.2. The third kappa shape index (κ3) is 6.79. The van der Waals surface area contributed by atoms with Gasteiger partial charge in [0.15, 0.2) is 5.96 Å². The van der Waals surface area contributed by atoms with Crippen LogP contribution in [0.15, 0.2) is 27.9 Å². The maximum Gasteiger partial charge on any atom is 0.191 e. The summed E-state index contributed by atoms with van der Waals surface area (Å²) in [5.74, 6) is 0.687. The van der Waals surface area contributed by atoms with Gasteiger partial charge < -0.3 is 15.7 Å². The second kappa shape index (κ2) is 10.0. The number of hydrogen-bond donors (Lipinski definition) is 3. The van der Waals surface area contributed by atoms with Gasteiger partial charge in [-0.15, -0.1) is 46.7 Å². The van der Waals surface area contributed by atoms with Crippen LogP contribution in [-0.2, 0) is 17.6 Å². The third-order valence-electron chi connectivity index (χ3n) is 3.69. The molecule has 2 aromatic rings. The molecule has 0 amide bonds. The molecule has 0 aliphatic rings. The van der Waals surface area contributed by atoms with E-state index in [2.05, 4.69) is 46.8 Å². The van der Waals surface area contributed by atoms with Gasteiger partial charge in [0.25, 0.3) is 0 Å². The topological polar surface area (TPSA) is 69.5 Å². The molecule has 3 N–H and O–H groups in total. The van der Waals surface area contributed by atoms with Gasteiger partial charge in [0, 0.05) is 22.2 Å². The van der Waals surface area contributed by atoms with Gasteiger partial charge in [0.2, 0.25) is 0 Å². The fourth-order valence-electron chi connectivity index (χ4n) is 2.14. The van der Waals surface area contributed by atoms with E-state index in [0.717, 1.165) is 22.1 Å². The Kier molecular flexibility index (Phi) is 8.98. The predicted molar refractivity (Wildman–Crippen MR) is 123 cm³/mol. The van der Waals surface area contributed by atoms with E-state index < -0.39 is 5.60 Å². The molecule has 0 saturated heterocycles. The van der Waals surface area contributed by atoms with Crippen LogP contribution in [0.5, 0.6) is 0 Å². The molecular formula is C18H29IN4OS2. The number of aliphatic imine (C=N–C) groups is 1. The van der Waals surface area contributed by atoms with Crippen molar-refractivity contribution in [2.24, 2.45) is 4.99 Å². The second-order valence-electron chi connectivity index (χ2n) is 7.18. The number of rotatable bonds is 6. The lowest BCUT2D eigenvalue weighted by atomic mass is 9.93. The number of aromatic nitrogens is 1. The maximum atomic E-state index is 10.6. The highest BCUT2D eigenvalue weighted by molar-refractivity contribution is 14.0. The number of nitrogens with one attached hydrogen (secondary N) is 2. The molecule has 0 aromatic carbocycles. The van der Waals surface area contributed by atoms with Crippen molar-refractivity contribution in [3.63, 3.8) is 0 Å². The SMILES string of the molecule is CCNC(=NCc1nc(C(C)(C)C)cs1)NCC(C)(O)c1cccs1.I. The van der Waals surface area contributed by atoms with Crippen molar-refractivity contribution in [1.29, 1.82) is 0 Å². The summed E-state index contributed by atoms with van der Waals surface area (Å²) in [6, 6.07) is 3.89. The van der Waals surface area contributed by atoms with Crippen LogP contribution in [0.3, 0.4) is 0 Å². The van der Waals surface area contributed by atoms with Gasteiger partial charge >= 0.3 is 0 Å². The van der Waals surface area contributed by atoms with Gasteiger partial charge in [-0.25, -0.2) is 9.98 Å². The van der Waals surface area contributed by atoms with Crippen molar-refractivity contribution in [1.82, 2.24) is 15.6 Å². The molecule has 0 saturated carbocycles. The van der Waals surface area contributed by atoms with Crippen LogP contribution in [0.25, 0.3) is 0 Å². The summed E-state index contributed by atoms with van der Waals surface area (Å²) in [7, 11) is 0. The van der Waals surface area contributed by atoms with Crippen molar-refractivity contribution in [3.8, 4) is 0 Å². The zero-order valence-electron chi connectivity index (χ0n) is 16.0. The number of halogens is 1. The third-order valence-corrected chi connectivity index (χ3v) is 5.65. The standard InChI is InChI=1S/C18H28N4OS2.HI/c1-6-19-16(21-12-18(5,23)14-8-7-9-24-14)20-10-15-22-13(11-25-15)17(2,3)4;/h7-9,11,23H,6,10,12H2,1-5H3,(H2,19,20,21);1H. The Morgan fingerprint density at radius 3 is 2.50 bits per heavy atom. The summed E-state index contributed by atoms with van der Waals surface area (Å²) in [6.07, 6.45) is 0. The Bertz CT molecular complexity index is 690. The summed E-state index contributed by atoms with van der Waals surface area (Å²) >= 11 is 3.19. The number of thiazole rings is 1. The Balaban J connectivity index is 0.00000338. The van der Waals surface area contributed by atoms with E-state index in [9.17, 15) is 5.11 Å². The second-order valence-corrected chi connectivity index (χ2v) is 9.07. The van der Waals surface area contributed by atoms with Gasteiger partial charge in [0.05, 0.1) is 18.8 Å². The quantitative estimate of drug-likeness (QED) is 0.313. The zero-order valence-corrected chi connectivity index (χ0v) is 20.0. The summed E-state index contributed by atoms with van der Waals surface area (Å²) < 4.78 is 0. The Morgan fingerprint density at radius 2 is 1.96 bits per heavy atom. The van der Waals surface area contributed by atoms with E-state index in [1.807, 2.05) is 31.4 Å². The van der Waals surface area contributed by atoms with Crippen LogP contribution in [-0.4, -0.2) is 29.1 Å². The molecule has 1 unspecified atom stereocenters. The number of thiophene rings is 1. The van der Waals surface area contributed by atoms with Crippen LogP contribution in [0.4, 0.5) is 0 Å². The van der Waals surface area contributed by atoms with Crippen LogP contribution in [0, 0.1) is 0 Å². The Morgan fingerprint density at radius 1 is 1.23 bits per heavy atom. The molecule has 5 nitrogen and oxygen atoms in total. The number of hydrogen-bond acceptors (Lipinski definition) is 5. The van der Waals surface area contributed by atoms with E-state index in [1.165, 1.54) is 0 Å². The largest absolute Gasteiger partial charge is 0.383 e. The first-order valence-electron chi connectivity index (χ1n) is 8.46. The normalized spacial score (nSPS) is 14.5. The Labute approximate surface area is 181 Å². The van der Waals surface area contributed by atoms with Crippen LogP contribution in [0.1, 0.15) is 50.2 Å². The minimum absolute atomic E-state index is 0. The molecule has 8 heteroatoms. The van der Waals surface area contributed by atoms with Gasteiger partial charge in [-0.05, 0) is 25.3 Å². The lowest BCUT2D eigenvalue weighted by molar-refractivity contribution is 0.0655. The van der Waals surface area contributed by atoms with Crippen molar-refractivity contribution < 1.29 is 5.11 Å². The molecule has 2 rings (SSSR count). The van der Waals surface area contributed by atoms with E-state index in [-0.39, 0.29) is 29.4 Å². The van der Waals surface area contributed by atoms with Crippen molar-refractivity contribution in [3.05, 3.63) is 38.5 Å². The molecule has 0 fully saturated rings. The first-order valence-corrected chi connectivity index (χ1v) is 10.2. The summed E-state index contributed by atoms with van der Waals surface area (Å²) in [5, 5.41) is 22.1. The molecule has 2 heterocycles. The van der Waals surface area contributed by atoms with Crippen LogP contribution in [0.2, 0.25) is 0 Å². The van der Waals surface area contributed by atoms with Gasteiger partial charge in [0.1, 0.15) is 10.6 Å². The molecule has 2 aromatic heterocycles. The first kappa shape index (κ1) is 23.3. The highest BCUT2D eigenvalue weighted by atomic mass is 127. The van der Waals surface area contributed by atoms with Crippen LogP contribution < -0.4 is 10.6 Å². The molecule has 0 bridgehead atoms. The molecular weight excluding hydrogens is 479 g/mol. The van der Waals surface area contributed by atoms with E-state index in [0.29, 0.717) is 19.0 Å². The average molecular weight is 508 g/mol. The fourth-order valence-corrected chi connectivity index (χ4v) is 3.88. The molecule has 26 heavy (non-hydrogen) atoms. The van der Waals surface area contributed by atoms with E-state index in [1.54, 1.807) is 22.7 Å². The molecule has 1 atom stereocenters. The molecule has 0 radical (unpaired) electrons. The van der Waals surface area contributed by atoms with Gasteiger partial charge in [-0.2, -0.15) is 0 Å². The first-order chi connectivity index (χ1) is 11.7. The van der Waals surface area contributed by atoms with Gasteiger partial charge in [-0.1, -0.05) is 26.8 Å². The zero-order chi connectivity index (χ0) is 18.5. The Hall–Kier alpha value is -0.710. The van der Waals surface area contributed by atoms with Crippen molar-refractivity contribution in [2.75, 3.05) is 13.1 Å². The smallest absolute Gasteiger partial charge is 0.191 e. The van der Waals surface area contributed by atoms with Gasteiger partial charge in [-0.3, -0.25) is 0 Å². The molecule has 0 aliphatic carbocycles. The van der Waals surface area contributed by atoms with Crippen molar-refractivity contribution >= 4 is 52.6 Å². The van der Waals surface area contributed by atoms with Crippen molar-refractivity contribution in [2.45, 2.75) is 52.2 Å².